The molecular weight excluding hydrogens is 411 g/mol. The summed E-state index contributed by atoms with van der Waals surface area (Å²) in [6, 6.07) is 11.5. The van der Waals surface area contributed by atoms with Crippen LogP contribution in [0.15, 0.2) is 54.1 Å². The zero-order valence-corrected chi connectivity index (χ0v) is 17.1. The third-order valence-corrected chi connectivity index (χ3v) is 6.23. The van der Waals surface area contributed by atoms with Gasteiger partial charge >= 0.3 is 0 Å². The van der Waals surface area contributed by atoms with Crippen LogP contribution in [0.2, 0.25) is 10.0 Å². The molecule has 4 rings (SSSR count). The van der Waals surface area contributed by atoms with Crippen molar-refractivity contribution >= 4 is 52.3 Å². The molecule has 148 valence electrons. The van der Waals surface area contributed by atoms with Crippen molar-refractivity contribution in [3.05, 3.63) is 69.7 Å². The van der Waals surface area contributed by atoms with Gasteiger partial charge in [0.25, 0.3) is 5.91 Å². The molecule has 0 saturated carbocycles. The molecular formula is C22H18Cl2N2O3. The number of carbonyl (C=O) groups excluding carboxylic acids is 3. The van der Waals surface area contributed by atoms with Crippen molar-refractivity contribution < 1.29 is 14.4 Å². The van der Waals surface area contributed by atoms with Crippen molar-refractivity contribution in [1.29, 1.82) is 0 Å². The number of nitrogens with one attached hydrogen (secondary N) is 1. The molecule has 2 aromatic rings. The smallest absolute Gasteiger partial charge is 0.257 e. The van der Waals surface area contributed by atoms with Gasteiger partial charge in [-0.1, -0.05) is 53.1 Å². The largest absolute Gasteiger partial charge is 0.321 e. The Bertz CT molecular complexity index is 1060. The maximum Gasteiger partial charge on any atom is 0.257 e. The van der Waals surface area contributed by atoms with Crippen molar-refractivity contribution in [3.8, 4) is 0 Å². The lowest BCUT2D eigenvalue weighted by molar-refractivity contribution is -0.122. The fourth-order valence-electron chi connectivity index (χ4n) is 3.93. The first-order chi connectivity index (χ1) is 13.9. The van der Waals surface area contributed by atoms with E-state index in [-0.39, 0.29) is 39.9 Å². The molecule has 2 aliphatic rings. The summed E-state index contributed by atoms with van der Waals surface area (Å²) in [7, 11) is 0. The number of benzene rings is 2. The minimum atomic E-state index is -0.477. The minimum absolute atomic E-state index is 0.216. The Morgan fingerprint density at radius 1 is 1.03 bits per heavy atom. The summed E-state index contributed by atoms with van der Waals surface area (Å²) in [5.74, 6) is -1.73. The highest BCUT2D eigenvalue weighted by Crippen LogP contribution is 2.40. The van der Waals surface area contributed by atoms with E-state index >= 15 is 0 Å². The lowest BCUT2D eigenvalue weighted by atomic mass is 9.82. The summed E-state index contributed by atoms with van der Waals surface area (Å²) >= 11 is 12.2. The second kappa shape index (κ2) is 7.65. The van der Waals surface area contributed by atoms with Crippen molar-refractivity contribution in [3.63, 3.8) is 0 Å². The first kappa shape index (κ1) is 19.7. The van der Waals surface area contributed by atoms with Gasteiger partial charge in [-0.05, 0) is 44.0 Å². The number of halogens is 2. The van der Waals surface area contributed by atoms with Gasteiger partial charge in [-0.25, -0.2) is 4.90 Å². The third-order valence-electron chi connectivity index (χ3n) is 5.41. The highest BCUT2D eigenvalue weighted by Gasteiger charge is 2.49. The molecule has 2 atom stereocenters. The highest BCUT2D eigenvalue weighted by atomic mass is 35.5. The van der Waals surface area contributed by atoms with Crippen LogP contribution in [-0.4, -0.2) is 17.7 Å². The van der Waals surface area contributed by atoms with Gasteiger partial charge in [-0.15, -0.1) is 0 Å². The molecule has 1 fully saturated rings. The average Bonchev–Trinajstić information content (AvgIpc) is 2.95. The first-order valence-electron chi connectivity index (χ1n) is 9.26. The number of fused-ring (bicyclic) bond motifs is 1. The number of para-hydroxylation sites is 1. The number of hydrogen-bond acceptors (Lipinski definition) is 3. The van der Waals surface area contributed by atoms with Gasteiger partial charge in [0.2, 0.25) is 11.8 Å². The van der Waals surface area contributed by atoms with Crippen molar-refractivity contribution in [2.24, 2.45) is 11.8 Å². The van der Waals surface area contributed by atoms with Crippen molar-refractivity contribution in [2.75, 3.05) is 10.2 Å². The predicted molar refractivity (Wildman–Crippen MR) is 113 cm³/mol. The molecule has 0 radical (unpaired) electrons. The van der Waals surface area contributed by atoms with Crippen LogP contribution in [0.3, 0.4) is 0 Å². The fourth-order valence-corrected chi connectivity index (χ4v) is 4.27. The summed E-state index contributed by atoms with van der Waals surface area (Å²) in [6.07, 6.45) is 3.12. The number of allylic oxidation sites excluding steroid dienone is 2. The SMILES string of the molecule is CC1=CC[C@H]2C(=O)N(c3ccccc3C(=O)Nc3cccc(Cl)c3Cl)C(=O)[C@@H]2C1. The molecule has 1 heterocycles. The van der Waals surface area contributed by atoms with Gasteiger partial charge in [-0.3, -0.25) is 14.4 Å². The number of nitrogens with zero attached hydrogens (tertiary/aromatic N) is 1. The second-order valence-electron chi connectivity index (χ2n) is 7.29. The molecule has 5 nitrogen and oxygen atoms in total. The normalized spacial score (nSPS) is 21.1. The Hall–Kier alpha value is -2.63. The van der Waals surface area contributed by atoms with Gasteiger partial charge in [0.15, 0.2) is 0 Å². The number of carbonyl (C=O) groups is 3. The second-order valence-corrected chi connectivity index (χ2v) is 8.07. The molecule has 1 saturated heterocycles. The number of anilines is 2. The van der Waals surface area contributed by atoms with E-state index in [9.17, 15) is 14.4 Å². The Kier molecular flexibility index (Phi) is 5.19. The molecule has 1 aliphatic carbocycles. The molecule has 3 amide bonds. The van der Waals surface area contributed by atoms with E-state index in [2.05, 4.69) is 5.32 Å². The van der Waals surface area contributed by atoms with Crippen LogP contribution in [0.1, 0.15) is 30.1 Å². The maximum atomic E-state index is 13.0. The molecule has 0 bridgehead atoms. The summed E-state index contributed by atoms with van der Waals surface area (Å²) in [5.41, 5.74) is 1.96. The van der Waals surface area contributed by atoms with Crippen LogP contribution in [0.25, 0.3) is 0 Å². The Labute approximate surface area is 178 Å². The molecule has 2 aromatic carbocycles. The number of rotatable bonds is 3. The van der Waals surface area contributed by atoms with Gasteiger partial charge in [0, 0.05) is 0 Å². The summed E-state index contributed by atoms with van der Waals surface area (Å²) in [5, 5.41) is 3.25. The lowest BCUT2D eigenvalue weighted by Gasteiger charge is -2.19. The van der Waals surface area contributed by atoms with E-state index in [1.54, 1.807) is 42.5 Å². The molecule has 7 heteroatoms. The monoisotopic (exact) mass is 428 g/mol. The van der Waals surface area contributed by atoms with Gasteiger partial charge in [0.05, 0.1) is 38.8 Å². The van der Waals surface area contributed by atoms with E-state index in [4.69, 9.17) is 23.2 Å². The van der Waals surface area contributed by atoms with Crippen LogP contribution in [-0.2, 0) is 9.59 Å². The number of imide groups is 1. The molecule has 29 heavy (non-hydrogen) atoms. The van der Waals surface area contributed by atoms with Crippen LogP contribution in [0.5, 0.6) is 0 Å². The number of amides is 3. The predicted octanol–water partition coefficient (Wildman–Crippen LogP) is 5.09. The van der Waals surface area contributed by atoms with Gasteiger partial charge < -0.3 is 5.32 Å². The Balaban J connectivity index is 1.67. The topological polar surface area (TPSA) is 66.5 Å². The van der Waals surface area contributed by atoms with Crippen LogP contribution in [0, 0.1) is 11.8 Å². The Morgan fingerprint density at radius 2 is 1.76 bits per heavy atom. The summed E-state index contributed by atoms with van der Waals surface area (Å²) < 4.78 is 0. The maximum absolute atomic E-state index is 13.0. The average molecular weight is 429 g/mol. The number of hydrogen-bond donors (Lipinski definition) is 1. The van der Waals surface area contributed by atoms with Crippen LogP contribution >= 0.6 is 23.2 Å². The first-order valence-corrected chi connectivity index (χ1v) is 10.0. The highest BCUT2D eigenvalue weighted by molar-refractivity contribution is 6.44. The molecule has 0 unspecified atom stereocenters. The third kappa shape index (κ3) is 3.45. The standard InChI is InChI=1S/C22H18Cl2N2O3/c1-12-9-10-13-15(11-12)22(29)26(21(13)28)18-8-3-2-5-14(18)20(27)25-17-7-4-6-16(23)19(17)24/h2-9,13,15H,10-11H2,1H3,(H,25,27)/t13-,15-/m1/s1. The van der Waals surface area contributed by atoms with E-state index in [0.717, 1.165) is 10.5 Å². The van der Waals surface area contributed by atoms with Gasteiger partial charge in [0.1, 0.15) is 0 Å². The molecule has 0 aromatic heterocycles. The molecule has 0 spiro atoms. The van der Waals surface area contributed by atoms with E-state index < -0.39 is 5.91 Å². The van der Waals surface area contributed by atoms with E-state index in [1.807, 2.05) is 13.0 Å². The summed E-state index contributed by atoms with van der Waals surface area (Å²) in [6.45, 7) is 1.97. The minimum Gasteiger partial charge on any atom is -0.321 e. The quantitative estimate of drug-likeness (QED) is 0.546. The fraction of sp³-hybridized carbons (Fsp3) is 0.227. The summed E-state index contributed by atoms with van der Waals surface area (Å²) in [4.78, 5) is 40.2. The lowest BCUT2D eigenvalue weighted by Crippen LogP contribution is -2.33. The molecule has 1 aliphatic heterocycles. The zero-order chi connectivity index (χ0) is 20.7. The van der Waals surface area contributed by atoms with Crippen LogP contribution in [0.4, 0.5) is 11.4 Å². The van der Waals surface area contributed by atoms with E-state index in [1.165, 1.54) is 0 Å². The van der Waals surface area contributed by atoms with Gasteiger partial charge in [-0.2, -0.15) is 0 Å². The van der Waals surface area contributed by atoms with Crippen LogP contribution < -0.4 is 10.2 Å². The van der Waals surface area contributed by atoms with Crippen molar-refractivity contribution in [1.82, 2.24) is 0 Å². The molecule has 1 N–H and O–H groups in total. The zero-order valence-electron chi connectivity index (χ0n) is 15.6. The van der Waals surface area contributed by atoms with E-state index in [0.29, 0.717) is 23.6 Å². The Morgan fingerprint density at radius 3 is 2.55 bits per heavy atom. The van der Waals surface area contributed by atoms with Crippen molar-refractivity contribution in [2.45, 2.75) is 19.8 Å².